The maximum Gasteiger partial charge on any atom is 0.293 e. The van der Waals surface area contributed by atoms with Gasteiger partial charge in [-0.3, -0.25) is 14.3 Å². The molecule has 1 unspecified atom stereocenters. The maximum atomic E-state index is 12.1. The number of rotatable bonds is 9. The standard InChI is InChI=1S/C12H28NO4PSi/c1-7-13(11-18(3,15)16-8-2)10-9-12(14)17-19(4,5)6/h7-11H2,1-6H3. The van der Waals surface area contributed by atoms with Crippen LogP contribution < -0.4 is 0 Å². The largest absolute Gasteiger partial charge is 0.520 e. The molecule has 0 aromatic heterocycles. The quantitative estimate of drug-likeness (QED) is 0.484. The molecule has 5 nitrogen and oxygen atoms in total. The summed E-state index contributed by atoms with van der Waals surface area (Å²) < 4.78 is 22.7. The van der Waals surface area contributed by atoms with Crippen LogP contribution in [0.3, 0.4) is 0 Å². The van der Waals surface area contributed by atoms with Gasteiger partial charge in [-0.1, -0.05) is 6.92 Å². The van der Waals surface area contributed by atoms with Gasteiger partial charge in [0.1, 0.15) is 0 Å². The molecule has 0 aliphatic rings. The Morgan fingerprint density at radius 2 is 1.84 bits per heavy atom. The van der Waals surface area contributed by atoms with E-state index in [9.17, 15) is 9.36 Å². The first-order valence-electron chi connectivity index (χ1n) is 6.75. The van der Waals surface area contributed by atoms with E-state index in [1.165, 1.54) is 0 Å². The van der Waals surface area contributed by atoms with E-state index in [0.29, 0.717) is 25.9 Å². The van der Waals surface area contributed by atoms with Crippen molar-refractivity contribution in [3.05, 3.63) is 0 Å². The highest BCUT2D eigenvalue weighted by Gasteiger charge is 2.22. The Balaban J connectivity index is 4.21. The molecule has 0 saturated heterocycles. The Kier molecular flexibility index (Phi) is 8.13. The van der Waals surface area contributed by atoms with E-state index in [1.54, 1.807) is 6.66 Å². The summed E-state index contributed by atoms with van der Waals surface area (Å²) in [5.74, 6) is -0.167. The average Bonchev–Trinajstić information content (AvgIpc) is 2.21. The zero-order valence-electron chi connectivity index (χ0n) is 13.1. The van der Waals surface area contributed by atoms with Crippen LogP contribution in [0.5, 0.6) is 0 Å². The molecule has 0 rings (SSSR count). The Hall–Kier alpha value is -0.163. The molecule has 0 amide bonds. The monoisotopic (exact) mass is 309 g/mol. The first-order valence-corrected chi connectivity index (χ1v) is 12.4. The van der Waals surface area contributed by atoms with E-state index in [2.05, 4.69) is 0 Å². The van der Waals surface area contributed by atoms with Crippen molar-refractivity contribution in [3.63, 3.8) is 0 Å². The Morgan fingerprint density at radius 3 is 2.26 bits per heavy atom. The Bertz CT molecular complexity index is 330. The molecule has 0 spiro atoms. The lowest BCUT2D eigenvalue weighted by Gasteiger charge is -2.24. The third kappa shape index (κ3) is 10.3. The first kappa shape index (κ1) is 18.8. The summed E-state index contributed by atoms with van der Waals surface area (Å²) in [7, 11) is -4.39. The summed E-state index contributed by atoms with van der Waals surface area (Å²) in [6, 6.07) is 0. The van der Waals surface area contributed by atoms with Crippen LogP contribution in [-0.4, -0.2) is 51.8 Å². The molecule has 0 heterocycles. The van der Waals surface area contributed by atoms with Gasteiger partial charge in [-0.25, -0.2) is 0 Å². The number of carbonyl (C=O) groups excluding carboxylic acids is 1. The minimum atomic E-state index is -2.58. The van der Waals surface area contributed by atoms with E-state index in [1.807, 2.05) is 38.4 Å². The first-order chi connectivity index (χ1) is 8.59. The number of carbonyl (C=O) groups is 1. The fraction of sp³-hybridized carbons (Fsp3) is 0.917. The van der Waals surface area contributed by atoms with Crippen LogP contribution in [0.25, 0.3) is 0 Å². The number of nitrogens with zero attached hydrogens (tertiary/aromatic N) is 1. The summed E-state index contributed by atoms with van der Waals surface area (Å²) in [4.78, 5) is 13.6. The molecule has 19 heavy (non-hydrogen) atoms. The summed E-state index contributed by atoms with van der Waals surface area (Å²) in [6.45, 7) is 13.2. The fourth-order valence-corrected chi connectivity index (χ4v) is 4.13. The van der Waals surface area contributed by atoms with Crippen molar-refractivity contribution in [1.82, 2.24) is 4.90 Å². The van der Waals surface area contributed by atoms with Crippen LogP contribution in [0.15, 0.2) is 0 Å². The van der Waals surface area contributed by atoms with Crippen molar-refractivity contribution in [3.8, 4) is 0 Å². The molecule has 0 aromatic rings. The van der Waals surface area contributed by atoms with Gasteiger partial charge in [0.25, 0.3) is 5.97 Å². The fourth-order valence-electron chi connectivity index (χ4n) is 1.65. The second kappa shape index (κ2) is 8.20. The summed E-state index contributed by atoms with van der Waals surface area (Å²) >= 11 is 0. The second-order valence-electron chi connectivity index (χ2n) is 5.62. The molecule has 0 bridgehead atoms. The van der Waals surface area contributed by atoms with E-state index < -0.39 is 15.7 Å². The van der Waals surface area contributed by atoms with Gasteiger partial charge in [0.05, 0.1) is 19.3 Å². The third-order valence-corrected chi connectivity index (χ3v) is 4.92. The zero-order valence-corrected chi connectivity index (χ0v) is 15.0. The normalized spacial score (nSPS) is 15.3. The van der Waals surface area contributed by atoms with Gasteiger partial charge < -0.3 is 8.95 Å². The van der Waals surface area contributed by atoms with Crippen LogP contribution in [-0.2, 0) is 18.3 Å². The van der Waals surface area contributed by atoms with Gasteiger partial charge >= 0.3 is 0 Å². The lowest BCUT2D eigenvalue weighted by molar-refractivity contribution is -0.135. The second-order valence-corrected chi connectivity index (χ2v) is 12.6. The van der Waals surface area contributed by atoms with Gasteiger partial charge in [-0.2, -0.15) is 0 Å². The summed E-state index contributed by atoms with van der Waals surface area (Å²) in [5, 5.41) is 0. The molecule has 0 fully saturated rings. The van der Waals surface area contributed by atoms with Gasteiger partial charge in [0, 0.05) is 13.2 Å². The molecular formula is C12H28NO4PSi. The lowest BCUT2D eigenvalue weighted by atomic mass is 10.4. The van der Waals surface area contributed by atoms with Crippen molar-refractivity contribution in [2.75, 3.05) is 32.6 Å². The molecule has 0 N–H and O–H groups in total. The predicted molar refractivity (Wildman–Crippen MR) is 81.3 cm³/mol. The minimum Gasteiger partial charge on any atom is -0.520 e. The molecule has 0 radical (unpaired) electrons. The minimum absolute atomic E-state index is 0.167. The number of hydrogen-bond acceptors (Lipinski definition) is 5. The van der Waals surface area contributed by atoms with Crippen LogP contribution >= 0.6 is 7.37 Å². The van der Waals surface area contributed by atoms with Gasteiger partial charge in [-0.05, 0) is 33.1 Å². The van der Waals surface area contributed by atoms with Crippen molar-refractivity contribution >= 4 is 21.7 Å². The smallest absolute Gasteiger partial charge is 0.293 e. The molecule has 0 saturated carbocycles. The van der Waals surface area contributed by atoms with Gasteiger partial charge in [-0.15, -0.1) is 0 Å². The molecule has 0 aromatic carbocycles. The SMILES string of the molecule is CCOP(C)(=O)CN(CC)CCC(=O)O[Si](C)(C)C. The van der Waals surface area contributed by atoms with Crippen molar-refractivity contribution in [2.45, 2.75) is 39.9 Å². The van der Waals surface area contributed by atoms with E-state index in [0.717, 1.165) is 6.54 Å². The summed E-state index contributed by atoms with van der Waals surface area (Å²) in [5.41, 5.74) is 0. The Labute approximate surface area is 118 Å². The van der Waals surface area contributed by atoms with Gasteiger partial charge in [0.15, 0.2) is 0 Å². The topological polar surface area (TPSA) is 55.8 Å². The highest BCUT2D eigenvalue weighted by atomic mass is 31.2. The van der Waals surface area contributed by atoms with Crippen LogP contribution in [0.4, 0.5) is 0 Å². The highest BCUT2D eigenvalue weighted by molar-refractivity contribution is 7.58. The van der Waals surface area contributed by atoms with E-state index >= 15 is 0 Å². The molecule has 0 aliphatic heterocycles. The van der Waals surface area contributed by atoms with Crippen LogP contribution in [0.2, 0.25) is 19.6 Å². The van der Waals surface area contributed by atoms with Crippen molar-refractivity contribution in [2.24, 2.45) is 0 Å². The Morgan fingerprint density at radius 1 is 1.26 bits per heavy atom. The number of hydrogen-bond donors (Lipinski definition) is 0. The van der Waals surface area contributed by atoms with E-state index in [-0.39, 0.29) is 5.97 Å². The molecule has 114 valence electrons. The van der Waals surface area contributed by atoms with E-state index in [4.69, 9.17) is 8.95 Å². The van der Waals surface area contributed by atoms with Crippen molar-refractivity contribution in [1.29, 1.82) is 0 Å². The van der Waals surface area contributed by atoms with Crippen LogP contribution in [0, 0.1) is 0 Å². The van der Waals surface area contributed by atoms with Crippen LogP contribution in [0.1, 0.15) is 20.3 Å². The van der Waals surface area contributed by atoms with Gasteiger partial charge in [0.2, 0.25) is 15.7 Å². The molecule has 1 atom stereocenters. The highest BCUT2D eigenvalue weighted by Crippen LogP contribution is 2.42. The zero-order chi connectivity index (χ0) is 15.1. The molecule has 0 aliphatic carbocycles. The predicted octanol–water partition coefficient (Wildman–Crippen LogP) is 2.98. The molecule has 7 heteroatoms. The lowest BCUT2D eigenvalue weighted by Crippen LogP contribution is -2.32. The average molecular weight is 309 g/mol. The van der Waals surface area contributed by atoms with Crippen molar-refractivity contribution < 1.29 is 18.3 Å². The summed E-state index contributed by atoms with van der Waals surface area (Å²) in [6.07, 6.45) is 0.724. The molecular weight excluding hydrogens is 281 g/mol. The maximum absolute atomic E-state index is 12.1. The third-order valence-electron chi connectivity index (χ3n) is 2.36.